The van der Waals surface area contributed by atoms with E-state index < -0.39 is 5.97 Å². The Hall–Kier alpha value is -2.30. The van der Waals surface area contributed by atoms with Gasteiger partial charge in [-0.15, -0.1) is 0 Å². The second-order valence-corrected chi connectivity index (χ2v) is 6.29. The van der Waals surface area contributed by atoms with Crippen molar-refractivity contribution in [3.8, 4) is 0 Å². The molecule has 0 saturated heterocycles. The summed E-state index contributed by atoms with van der Waals surface area (Å²) in [6, 6.07) is 5.99. The predicted octanol–water partition coefficient (Wildman–Crippen LogP) is 2.74. The van der Waals surface area contributed by atoms with E-state index in [1.165, 1.54) is 0 Å². The van der Waals surface area contributed by atoms with E-state index in [4.69, 9.17) is 9.15 Å². The number of ether oxygens (including phenoxy) is 1. The summed E-state index contributed by atoms with van der Waals surface area (Å²) in [6.07, 6.45) is 3.99. The molecule has 5 heteroatoms. The van der Waals surface area contributed by atoms with Crippen LogP contribution in [0.25, 0.3) is 11.0 Å². The van der Waals surface area contributed by atoms with Gasteiger partial charge in [0, 0.05) is 17.0 Å². The number of amides is 1. The molecule has 1 N–H and O–H groups in total. The molecule has 1 atom stereocenters. The van der Waals surface area contributed by atoms with Crippen LogP contribution < -0.4 is 5.32 Å². The first kappa shape index (κ1) is 15.6. The third kappa shape index (κ3) is 3.92. The first-order valence-corrected chi connectivity index (χ1v) is 7.94. The fraction of sp³-hybridized carbons (Fsp3) is 0.444. The van der Waals surface area contributed by atoms with Crippen LogP contribution in [0, 0.1) is 12.8 Å². The minimum atomic E-state index is -0.428. The maximum atomic E-state index is 11.9. The first-order valence-electron chi connectivity index (χ1n) is 7.94. The molecule has 5 nitrogen and oxygen atoms in total. The van der Waals surface area contributed by atoms with E-state index in [0.29, 0.717) is 5.92 Å². The number of hydrogen-bond donors (Lipinski definition) is 1. The van der Waals surface area contributed by atoms with Gasteiger partial charge in [-0.2, -0.15) is 0 Å². The molecule has 0 aliphatic heterocycles. The zero-order chi connectivity index (χ0) is 16.4. The highest BCUT2D eigenvalue weighted by Crippen LogP contribution is 2.32. The van der Waals surface area contributed by atoms with Gasteiger partial charge in [-0.05, 0) is 44.2 Å². The van der Waals surface area contributed by atoms with Crippen LogP contribution in [-0.2, 0) is 20.7 Å². The smallest absolute Gasteiger partial charge is 0.310 e. The molecule has 1 amide bonds. The number of carbonyl (C=O) groups is 2. The molecule has 2 aromatic rings. The highest BCUT2D eigenvalue weighted by Gasteiger charge is 2.29. The summed E-state index contributed by atoms with van der Waals surface area (Å²) in [5.74, 6) is -0.0941. The van der Waals surface area contributed by atoms with E-state index in [0.717, 1.165) is 34.9 Å². The molecular weight excluding hydrogens is 294 g/mol. The van der Waals surface area contributed by atoms with Crippen molar-refractivity contribution in [3.05, 3.63) is 35.6 Å². The largest absolute Gasteiger partial charge is 0.464 e. The van der Waals surface area contributed by atoms with E-state index in [9.17, 15) is 9.59 Å². The molecule has 1 aromatic heterocycles. The van der Waals surface area contributed by atoms with Crippen molar-refractivity contribution in [1.29, 1.82) is 0 Å². The highest BCUT2D eigenvalue weighted by molar-refractivity contribution is 5.87. The van der Waals surface area contributed by atoms with Crippen molar-refractivity contribution in [2.75, 3.05) is 6.61 Å². The van der Waals surface area contributed by atoms with Gasteiger partial charge in [0.2, 0.25) is 0 Å². The van der Waals surface area contributed by atoms with Gasteiger partial charge in [-0.25, -0.2) is 0 Å². The number of esters is 1. The fourth-order valence-electron chi connectivity index (χ4n) is 2.69. The van der Waals surface area contributed by atoms with E-state index >= 15 is 0 Å². The molecule has 1 heterocycles. The molecule has 1 fully saturated rings. The normalized spacial score (nSPS) is 15.4. The van der Waals surface area contributed by atoms with Gasteiger partial charge in [0.15, 0.2) is 6.61 Å². The minimum Gasteiger partial charge on any atom is -0.464 e. The monoisotopic (exact) mass is 315 g/mol. The summed E-state index contributed by atoms with van der Waals surface area (Å²) in [7, 11) is 0. The summed E-state index contributed by atoms with van der Waals surface area (Å²) in [6.45, 7) is 3.74. The molecule has 0 spiro atoms. The fourth-order valence-corrected chi connectivity index (χ4v) is 2.69. The van der Waals surface area contributed by atoms with Gasteiger partial charge in [-0.1, -0.05) is 12.1 Å². The number of furan rings is 1. The quantitative estimate of drug-likeness (QED) is 0.832. The lowest BCUT2D eigenvalue weighted by molar-refractivity contribution is -0.148. The molecule has 1 saturated carbocycles. The third-order valence-corrected chi connectivity index (χ3v) is 4.23. The van der Waals surface area contributed by atoms with E-state index in [1.807, 2.05) is 32.0 Å². The van der Waals surface area contributed by atoms with Gasteiger partial charge in [0.1, 0.15) is 5.58 Å². The van der Waals surface area contributed by atoms with Crippen molar-refractivity contribution in [1.82, 2.24) is 5.32 Å². The van der Waals surface area contributed by atoms with E-state index in [1.54, 1.807) is 6.26 Å². The number of nitrogens with one attached hydrogen (secondary N) is 1. The van der Waals surface area contributed by atoms with Crippen LogP contribution in [0.4, 0.5) is 0 Å². The van der Waals surface area contributed by atoms with Crippen LogP contribution in [0.2, 0.25) is 0 Å². The van der Waals surface area contributed by atoms with E-state index in [-0.39, 0.29) is 25.0 Å². The average Bonchev–Trinajstić information content (AvgIpc) is 3.29. The molecule has 0 unspecified atom stereocenters. The summed E-state index contributed by atoms with van der Waals surface area (Å²) in [5.41, 5.74) is 2.63. The molecule has 1 aromatic carbocycles. The number of hydrogen-bond acceptors (Lipinski definition) is 4. The second kappa shape index (κ2) is 6.44. The average molecular weight is 315 g/mol. The predicted molar refractivity (Wildman–Crippen MR) is 85.9 cm³/mol. The lowest BCUT2D eigenvalue weighted by atomic mass is 10.1. The minimum absolute atomic E-state index is 0.0987. The van der Waals surface area contributed by atoms with Crippen molar-refractivity contribution >= 4 is 22.8 Å². The molecule has 1 aliphatic rings. The van der Waals surface area contributed by atoms with Crippen LogP contribution in [-0.4, -0.2) is 24.5 Å². The maximum Gasteiger partial charge on any atom is 0.310 e. The lowest BCUT2D eigenvalue weighted by Gasteiger charge is -2.12. The Morgan fingerprint density at radius 1 is 1.39 bits per heavy atom. The van der Waals surface area contributed by atoms with Gasteiger partial charge < -0.3 is 14.5 Å². The van der Waals surface area contributed by atoms with Crippen LogP contribution in [0.3, 0.4) is 0 Å². The van der Waals surface area contributed by atoms with Crippen molar-refractivity contribution < 1.29 is 18.7 Å². The number of aryl methyl sites for hydroxylation is 1. The summed E-state index contributed by atoms with van der Waals surface area (Å²) >= 11 is 0. The Morgan fingerprint density at radius 3 is 2.91 bits per heavy atom. The van der Waals surface area contributed by atoms with Gasteiger partial charge in [-0.3, -0.25) is 9.59 Å². The summed E-state index contributed by atoms with van der Waals surface area (Å²) in [4.78, 5) is 23.6. The number of rotatable bonds is 6. The Morgan fingerprint density at radius 2 is 2.17 bits per heavy atom. The van der Waals surface area contributed by atoms with Crippen LogP contribution in [0.5, 0.6) is 0 Å². The Kier molecular flexibility index (Phi) is 4.37. The molecular formula is C18H21NO4. The van der Waals surface area contributed by atoms with Gasteiger partial charge in [0.25, 0.3) is 5.91 Å². The zero-order valence-corrected chi connectivity index (χ0v) is 13.4. The zero-order valence-electron chi connectivity index (χ0n) is 13.4. The number of benzene rings is 1. The van der Waals surface area contributed by atoms with Gasteiger partial charge >= 0.3 is 5.97 Å². The van der Waals surface area contributed by atoms with Gasteiger partial charge in [0.05, 0.1) is 12.7 Å². The number of carbonyl (C=O) groups excluding carboxylic acids is 2. The molecule has 23 heavy (non-hydrogen) atoms. The second-order valence-electron chi connectivity index (χ2n) is 6.29. The van der Waals surface area contributed by atoms with Crippen LogP contribution >= 0.6 is 0 Å². The Labute approximate surface area is 135 Å². The van der Waals surface area contributed by atoms with Crippen LogP contribution in [0.1, 0.15) is 30.9 Å². The number of fused-ring (bicyclic) bond motifs is 1. The van der Waals surface area contributed by atoms with Crippen molar-refractivity contribution in [3.63, 3.8) is 0 Å². The molecule has 122 valence electrons. The van der Waals surface area contributed by atoms with Crippen LogP contribution in [0.15, 0.2) is 28.9 Å². The SMILES string of the molecule is Cc1ccc2c(CC(=O)OCC(=O)N[C@H](C)C3CC3)coc2c1. The van der Waals surface area contributed by atoms with E-state index in [2.05, 4.69) is 5.32 Å². The Bertz CT molecular complexity index is 730. The third-order valence-electron chi connectivity index (χ3n) is 4.23. The summed E-state index contributed by atoms with van der Waals surface area (Å²) in [5, 5.41) is 3.76. The topological polar surface area (TPSA) is 68.5 Å². The van der Waals surface area contributed by atoms with Crippen molar-refractivity contribution in [2.45, 2.75) is 39.2 Å². The summed E-state index contributed by atoms with van der Waals surface area (Å²) < 4.78 is 10.5. The molecule has 0 bridgehead atoms. The Balaban J connectivity index is 1.51. The molecule has 1 aliphatic carbocycles. The highest BCUT2D eigenvalue weighted by atomic mass is 16.5. The first-order chi connectivity index (χ1) is 11.0. The lowest BCUT2D eigenvalue weighted by Crippen LogP contribution is -2.37. The molecule has 0 radical (unpaired) electrons. The maximum absolute atomic E-state index is 11.9. The standard InChI is InChI=1S/C18H21NO4/c1-11-3-6-15-14(9-22-16(15)7-11)8-18(21)23-10-17(20)19-12(2)13-4-5-13/h3,6-7,9,12-13H,4-5,8,10H2,1-2H3,(H,19,20)/t12-/m1/s1. The van der Waals surface area contributed by atoms with Crippen molar-refractivity contribution in [2.24, 2.45) is 5.92 Å². The molecule has 3 rings (SSSR count).